The van der Waals surface area contributed by atoms with E-state index in [0.717, 1.165) is 6.54 Å². The molecule has 2 heteroatoms. The molecule has 1 aromatic rings. The highest BCUT2D eigenvalue weighted by Crippen LogP contribution is 2.07. The van der Waals surface area contributed by atoms with Gasteiger partial charge in [-0.15, -0.1) is 11.3 Å². The first kappa shape index (κ1) is 8.75. The van der Waals surface area contributed by atoms with Gasteiger partial charge in [-0.3, -0.25) is 0 Å². The molecule has 0 amide bonds. The molecule has 0 saturated heterocycles. The first-order valence-corrected chi connectivity index (χ1v) is 4.96. The van der Waals surface area contributed by atoms with Gasteiger partial charge in [0.25, 0.3) is 0 Å². The Labute approximate surface area is 73.9 Å². The van der Waals surface area contributed by atoms with Gasteiger partial charge in [0.15, 0.2) is 0 Å². The Kier molecular flexibility index (Phi) is 3.60. The molecule has 0 aliphatic rings. The van der Waals surface area contributed by atoms with Crippen LogP contribution >= 0.6 is 11.3 Å². The fraction of sp³-hybridized carbons (Fsp3) is 0.556. The summed E-state index contributed by atoms with van der Waals surface area (Å²) in [5.74, 6) is 0. The predicted molar refractivity (Wildman–Crippen MR) is 53.0 cm³/mol. The van der Waals surface area contributed by atoms with Crippen LogP contribution in [-0.4, -0.2) is 6.04 Å². The molecule has 0 spiro atoms. The van der Waals surface area contributed by atoms with Crippen LogP contribution in [0.4, 0.5) is 0 Å². The van der Waals surface area contributed by atoms with Gasteiger partial charge in [-0.25, -0.2) is 0 Å². The summed E-state index contributed by atoms with van der Waals surface area (Å²) in [6.45, 7) is 5.44. The van der Waals surface area contributed by atoms with Gasteiger partial charge in [0.1, 0.15) is 0 Å². The highest BCUT2D eigenvalue weighted by molar-refractivity contribution is 7.09. The van der Waals surface area contributed by atoms with E-state index in [4.69, 9.17) is 0 Å². The van der Waals surface area contributed by atoms with E-state index in [-0.39, 0.29) is 1.43 Å². The van der Waals surface area contributed by atoms with E-state index in [1.165, 1.54) is 11.3 Å². The monoisotopic (exact) mass is 171 g/mol. The Balaban J connectivity index is 0.00000121. The molecule has 64 valence electrons. The smallest absolute Gasteiger partial charge is 0.0302 e. The summed E-state index contributed by atoms with van der Waals surface area (Å²) in [6, 6.07) is 4.90. The van der Waals surface area contributed by atoms with E-state index >= 15 is 0 Å². The molecular weight excluding hydrogens is 154 g/mol. The van der Waals surface area contributed by atoms with Crippen molar-refractivity contribution in [3.63, 3.8) is 0 Å². The summed E-state index contributed by atoms with van der Waals surface area (Å²) in [4.78, 5) is 1.42. The minimum atomic E-state index is 0. The van der Waals surface area contributed by atoms with Crippen molar-refractivity contribution in [3.05, 3.63) is 22.4 Å². The molecule has 1 heterocycles. The predicted octanol–water partition coefficient (Wildman–Crippen LogP) is 2.88. The van der Waals surface area contributed by atoms with Gasteiger partial charge >= 0.3 is 0 Å². The third-order valence-corrected chi connectivity index (χ3v) is 2.69. The lowest BCUT2D eigenvalue weighted by molar-refractivity contribution is 0.537. The van der Waals surface area contributed by atoms with E-state index in [1.807, 2.05) is 11.3 Å². The van der Waals surface area contributed by atoms with Crippen LogP contribution in [0.25, 0.3) is 0 Å². The first-order chi connectivity index (χ1) is 5.33. The fourth-order valence-electron chi connectivity index (χ4n) is 0.832. The number of hydrogen-bond donors (Lipinski definition) is 1. The van der Waals surface area contributed by atoms with Crippen LogP contribution in [-0.2, 0) is 6.54 Å². The van der Waals surface area contributed by atoms with Gasteiger partial charge in [-0.1, -0.05) is 13.0 Å². The Hall–Kier alpha value is -0.340. The van der Waals surface area contributed by atoms with Gasteiger partial charge in [0.05, 0.1) is 0 Å². The molecule has 0 aliphatic heterocycles. The summed E-state index contributed by atoms with van der Waals surface area (Å²) in [5.41, 5.74) is 0. The molecule has 1 unspecified atom stereocenters. The second kappa shape index (κ2) is 4.52. The van der Waals surface area contributed by atoms with Crippen LogP contribution in [0.3, 0.4) is 0 Å². The van der Waals surface area contributed by atoms with Crippen molar-refractivity contribution in [3.8, 4) is 0 Å². The second-order valence-corrected chi connectivity index (χ2v) is 3.80. The van der Waals surface area contributed by atoms with Crippen LogP contribution in [0.1, 0.15) is 26.6 Å². The summed E-state index contributed by atoms with van der Waals surface area (Å²) in [6.07, 6.45) is 1.20. The van der Waals surface area contributed by atoms with Gasteiger partial charge in [0, 0.05) is 18.9 Å². The van der Waals surface area contributed by atoms with Crippen LogP contribution < -0.4 is 5.32 Å². The SMILES string of the molecule is CCC(C)NCc1cccs1.[HH]. The van der Waals surface area contributed by atoms with E-state index in [0.29, 0.717) is 6.04 Å². The van der Waals surface area contributed by atoms with Crippen LogP contribution in [0, 0.1) is 0 Å². The molecule has 0 aliphatic carbocycles. The molecule has 1 N–H and O–H groups in total. The van der Waals surface area contributed by atoms with E-state index < -0.39 is 0 Å². The maximum Gasteiger partial charge on any atom is 0.0302 e. The molecule has 1 atom stereocenters. The minimum absolute atomic E-state index is 0. The molecule has 11 heavy (non-hydrogen) atoms. The second-order valence-electron chi connectivity index (χ2n) is 2.77. The normalized spacial score (nSPS) is 13.3. The van der Waals surface area contributed by atoms with Crippen molar-refractivity contribution in [2.45, 2.75) is 32.9 Å². The van der Waals surface area contributed by atoms with E-state index in [9.17, 15) is 0 Å². The van der Waals surface area contributed by atoms with Crippen molar-refractivity contribution in [1.29, 1.82) is 0 Å². The van der Waals surface area contributed by atoms with Gasteiger partial charge < -0.3 is 5.32 Å². The quantitative estimate of drug-likeness (QED) is 0.734. The Morgan fingerprint density at radius 3 is 3.09 bits per heavy atom. The first-order valence-electron chi connectivity index (χ1n) is 4.08. The van der Waals surface area contributed by atoms with Crippen molar-refractivity contribution in [2.75, 3.05) is 0 Å². The van der Waals surface area contributed by atoms with Crippen LogP contribution in [0.2, 0.25) is 0 Å². The average molecular weight is 171 g/mol. The summed E-state index contributed by atoms with van der Waals surface area (Å²) in [5, 5.41) is 5.56. The van der Waals surface area contributed by atoms with Crippen molar-refractivity contribution in [2.24, 2.45) is 0 Å². The van der Waals surface area contributed by atoms with Gasteiger partial charge in [-0.05, 0) is 24.8 Å². The van der Waals surface area contributed by atoms with Crippen molar-refractivity contribution < 1.29 is 1.43 Å². The standard InChI is InChI=1S/C9H15NS.H2/c1-3-8(2)10-7-9-5-4-6-11-9;/h4-6,8,10H,3,7H2,1-2H3;1H. The van der Waals surface area contributed by atoms with E-state index in [1.54, 1.807) is 0 Å². The number of thiophene rings is 1. The molecule has 1 rings (SSSR count). The molecule has 0 radical (unpaired) electrons. The zero-order valence-corrected chi connectivity index (χ0v) is 7.95. The Bertz CT molecular complexity index is 186. The summed E-state index contributed by atoms with van der Waals surface area (Å²) < 4.78 is 0. The number of rotatable bonds is 4. The Morgan fingerprint density at radius 1 is 1.73 bits per heavy atom. The molecular formula is C9H17NS. The average Bonchev–Trinajstić information content (AvgIpc) is 2.52. The lowest BCUT2D eigenvalue weighted by Crippen LogP contribution is -2.23. The van der Waals surface area contributed by atoms with Crippen molar-refractivity contribution in [1.82, 2.24) is 5.32 Å². The number of nitrogens with one attached hydrogen (secondary N) is 1. The summed E-state index contributed by atoms with van der Waals surface area (Å²) in [7, 11) is 0. The zero-order valence-electron chi connectivity index (χ0n) is 7.13. The van der Waals surface area contributed by atoms with Crippen LogP contribution in [0.15, 0.2) is 17.5 Å². The maximum absolute atomic E-state index is 3.45. The molecule has 0 aromatic carbocycles. The third kappa shape index (κ3) is 3.04. The van der Waals surface area contributed by atoms with Crippen LogP contribution in [0.5, 0.6) is 0 Å². The lowest BCUT2D eigenvalue weighted by Gasteiger charge is -2.09. The highest BCUT2D eigenvalue weighted by Gasteiger charge is 1.97. The fourth-order valence-corrected chi connectivity index (χ4v) is 1.49. The third-order valence-electron chi connectivity index (χ3n) is 1.82. The molecule has 0 bridgehead atoms. The minimum Gasteiger partial charge on any atom is -0.309 e. The number of hydrogen-bond acceptors (Lipinski definition) is 2. The lowest BCUT2D eigenvalue weighted by atomic mass is 10.2. The topological polar surface area (TPSA) is 12.0 Å². The zero-order chi connectivity index (χ0) is 8.10. The van der Waals surface area contributed by atoms with E-state index in [2.05, 4.69) is 36.7 Å². The van der Waals surface area contributed by atoms with Crippen molar-refractivity contribution >= 4 is 11.3 Å². The molecule has 1 aromatic heterocycles. The highest BCUT2D eigenvalue weighted by atomic mass is 32.1. The molecule has 0 fully saturated rings. The largest absolute Gasteiger partial charge is 0.309 e. The van der Waals surface area contributed by atoms with Gasteiger partial charge in [0.2, 0.25) is 0 Å². The van der Waals surface area contributed by atoms with Gasteiger partial charge in [-0.2, -0.15) is 0 Å². The molecule has 1 nitrogen and oxygen atoms in total. The maximum atomic E-state index is 3.45. The Morgan fingerprint density at radius 2 is 2.55 bits per heavy atom. The summed E-state index contributed by atoms with van der Waals surface area (Å²) >= 11 is 1.81. The molecule has 0 saturated carbocycles.